The molecule has 0 aromatic heterocycles. The molecular weight excluding hydrogens is 238 g/mol. The van der Waals surface area contributed by atoms with Gasteiger partial charge in [-0.25, -0.2) is 0 Å². The predicted octanol–water partition coefficient (Wildman–Crippen LogP) is 3.16. The minimum absolute atomic E-state index is 0.123. The van der Waals surface area contributed by atoms with E-state index < -0.39 is 0 Å². The topological polar surface area (TPSA) is 55.5 Å². The summed E-state index contributed by atoms with van der Waals surface area (Å²) < 4.78 is 5.61. The van der Waals surface area contributed by atoms with Gasteiger partial charge in [0.05, 0.1) is 6.04 Å². The summed E-state index contributed by atoms with van der Waals surface area (Å²) >= 11 is 0. The van der Waals surface area contributed by atoms with Gasteiger partial charge in [0.15, 0.2) is 0 Å². The molecule has 2 aromatic rings. The zero-order valence-electron chi connectivity index (χ0n) is 10.6. The first kappa shape index (κ1) is 13.2. The van der Waals surface area contributed by atoms with Crippen LogP contribution in [0.4, 0.5) is 0 Å². The van der Waals surface area contributed by atoms with Crippen molar-refractivity contribution in [2.45, 2.75) is 12.6 Å². The molecule has 0 amide bonds. The van der Waals surface area contributed by atoms with Crippen molar-refractivity contribution in [3.05, 3.63) is 72.3 Å². The van der Waals surface area contributed by atoms with Gasteiger partial charge in [-0.3, -0.25) is 0 Å². The molecule has 0 unspecified atom stereocenters. The molecule has 1 atom stereocenters. The highest BCUT2D eigenvalue weighted by Crippen LogP contribution is 2.28. The number of hydrogen-bond acceptors (Lipinski definition) is 3. The van der Waals surface area contributed by atoms with Crippen LogP contribution in [0.3, 0.4) is 0 Å². The minimum atomic E-state index is -0.372. The summed E-state index contributed by atoms with van der Waals surface area (Å²) in [5, 5.41) is 9.88. The zero-order chi connectivity index (χ0) is 13.7. The number of aromatic hydroxyl groups is 1. The average molecular weight is 255 g/mol. The monoisotopic (exact) mass is 255 g/mol. The Bertz CT molecular complexity index is 552. The molecule has 98 valence electrons. The predicted molar refractivity (Wildman–Crippen MR) is 76.0 cm³/mol. The minimum Gasteiger partial charge on any atom is -0.507 e. The van der Waals surface area contributed by atoms with E-state index in [1.807, 2.05) is 30.3 Å². The van der Waals surface area contributed by atoms with Crippen LogP contribution in [-0.2, 0) is 6.61 Å². The van der Waals surface area contributed by atoms with Gasteiger partial charge >= 0.3 is 0 Å². The van der Waals surface area contributed by atoms with Gasteiger partial charge in [0, 0.05) is 11.6 Å². The molecule has 0 radical (unpaired) electrons. The lowest BCUT2D eigenvalue weighted by atomic mass is 10.1. The van der Waals surface area contributed by atoms with E-state index in [0.29, 0.717) is 17.9 Å². The summed E-state index contributed by atoms with van der Waals surface area (Å²) in [5.74, 6) is 0.735. The van der Waals surface area contributed by atoms with E-state index >= 15 is 0 Å². The Morgan fingerprint density at radius 2 is 1.95 bits per heavy atom. The van der Waals surface area contributed by atoms with Gasteiger partial charge in [-0.05, 0) is 17.7 Å². The molecule has 3 nitrogen and oxygen atoms in total. The Labute approximate surface area is 113 Å². The molecule has 3 heteroatoms. The Kier molecular flexibility index (Phi) is 4.21. The first-order chi connectivity index (χ1) is 9.20. The number of phenols is 1. The van der Waals surface area contributed by atoms with Crippen LogP contribution in [0.15, 0.2) is 61.2 Å². The number of phenolic OH excluding ortho intramolecular Hbond substituents is 1. The highest BCUT2D eigenvalue weighted by molar-refractivity contribution is 5.42. The normalized spacial score (nSPS) is 11.8. The summed E-state index contributed by atoms with van der Waals surface area (Å²) in [6.07, 6.45) is 1.58. The van der Waals surface area contributed by atoms with E-state index in [0.717, 1.165) is 5.56 Å². The van der Waals surface area contributed by atoms with Crippen LogP contribution in [0, 0.1) is 0 Å². The van der Waals surface area contributed by atoms with E-state index in [4.69, 9.17) is 10.5 Å². The van der Waals surface area contributed by atoms with Crippen molar-refractivity contribution >= 4 is 0 Å². The summed E-state index contributed by atoms with van der Waals surface area (Å²) in [5.41, 5.74) is 7.51. The molecule has 0 saturated carbocycles. The van der Waals surface area contributed by atoms with E-state index in [1.54, 1.807) is 24.3 Å². The van der Waals surface area contributed by atoms with Crippen LogP contribution in [-0.4, -0.2) is 5.11 Å². The molecule has 0 fully saturated rings. The summed E-state index contributed by atoms with van der Waals surface area (Å²) in [6, 6.07) is 14.6. The van der Waals surface area contributed by atoms with Gasteiger partial charge in [-0.1, -0.05) is 36.4 Å². The molecule has 2 rings (SSSR count). The third-order valence-corrected chi connectivity index (χ3v) is 2.86. The number of nitrogens with two attached hydrogens (primary N) is 1. The third-order valence-electron chi connectivity index (χ3n) is 2.86. The smallest absolute Gasteiger partial charge is 0.124 e. The van der Waals surface area contributed by atoms with Crippen LogP contribution in [0.1, 0.15) is 17.2 Å². The van der Waals surface area contributed by atoms with Gasteiger partial charge in [-0.2, -0.15) is 0 Å². The van der Waals surface area contributed by atoms with Gasteiger partial charge in [-0.15, -0.1) is 6.58 Å². The van der Waals surface area contributed by atoms with Gasteiger partial charge in [0.1, 0.15) is 18.1 Å². The largest absolute Gasteiger partial charge is 0.507 e. The fourth-order valence-corrected chi connectivity index (χ4v) is 1.76. The fraction of sp³-hybridized carbons (Fsp3) is 0.125. The van der Waals surface area contributed by atoms with E-state index in [9.17, 15) is 5.11 Å². The molecule has 19 heavy (non-hydrogen) atoms. The maximum Gasteiger partial charge on any atom is 0.124 e. The Morgan fingerprint density at radius 3 is 2.58 bits per heavy atom. The second kappa shape index (κ2) is 6.07. The third kappa shape index (κ3) is 3.36. The SMILES string of the molecule is C=C[C@H](N)c1ccc(OCc2ccccc2)cc1O. The van der Waals surface area contributed by atoms with Crippen LogP contribution >= 0.6 is 0 Å². The second-order valence-electron chi connectivity index (χ2n) is 4.26. The lowest BCUT2D eigenvalue weighted by Crippen LogP contribution is -2.06. The molecule has 0 heterocycles. The van der Waals surface area contributed by atoms with Crippen molar-refractivity contribution in [1.82, 2.24) is 0 Å². The molecule has 3 N–H and O–H groups in total. The number of hydrogen-bond donors (Lipinski definition) is 2. The van der Waals surface area contributed by atoms with Crippen molar-refractivity contribution in [3.8, 4) is 11.5 Å². The zero-order valence-corrected chi connectivity index (χ0v) is 10.6. The van der Waals surface area contributed by atoms with Crippen molar-refractivity contribution < 1.29 is 9.84 Å². The Balaban J connectivity index is 2.06. The summed E-state index contributed by atoms with van der Waals surface area (Å²) in [7, 11) is 0. The lowest BCUT2D eigenvalue weighted by molar-refractivity contribution is 0.304. The van der Waals surface area contributed by atoms with Crippen LogP contribution in [0.5, 0.6) is 11.5 Å². The van der Waals surface area contributed by atoms with Crippen LogP contribution in [0.2, 0.25) is 0 Å². The highest BCUT2D eigenvalue weighted by atomic mass is 16.5. The maximum atomic E-state index is 9.88. The standard InChI is InChI=1S/C16H17NO2/c1-2-15(17)14-9-8-13(10-16(14)18)19-11-12-6-4-3-5-7-12/h2-10,15,18H,1,11,17H2/t15-/m0/s1. The molecule has 0 bridgehead atoms. The highest BCUT2D eigenvalue weighted by Gasteiger charge is 2.08. The molecule has 2 aromatic carbocycles. The number of rotatable bonds is 5. The van der Waals surface area contributed by atoms with Crippen molar-refractivity contribution in [2.75, 3.05) is 0 Å². The van der Waals surface area contributed by atoms with Gasteiger partial charge in [0.2, 0.25) is 0 Å². The molecule has 0 spiro atoms. The van der Waals surface area contributed by atoms with Crippen LogP contribution < -0.4 is 10.5 Å². The van der Waals surface area contributed by atoms with Crippen LogP contribution in [0.25, 0.3) is 0 Å². The van der Waals surface area contributed by atoms with E-state index in [2.05, 4.69) is 6.58 Å². The van der Waals surface area contributed by atoms with Gasteiger partial charge < -0.3 is 15.6 Å². The first-order valence-corrected chi connectivity index (χ1v) is 6.08. The number of benzene rings is 2. The van der Waals surface area contributed by atoms with Crippen molar-refractivity contribution in [1.29, 1.82) is 0 Å². The molecule has 0 aliphatic carbocycles. The van der Waals surface area contributed by atoms with E-state index in [1.165, 1.54) is 0 Å². The van der Waals surface area contributed by atoms with E-state index in [-0.39, 0.29) is 11.8 Å². The average Bonchev–Trinajstić information content (AvgIpc) is 2.45. The quantitative estimate of drug-likeness (QED) is 0.807. The summed E-state index contributed by atoms with van der Waals surface area (Å²) in [6.45, 7) is 4.07. The van der Waals surface area contributed by atoms with Crippen molar-refractivity contribution in [2.24, 2.45) is 5.73 Å². The fourth-order valence-electron chi connectivity index (χ4n) is 1.76. The summed E-state index contributed by atoms with van der Waals surface area (Å²) in [4.78, 5) is 0. The second-order valence-corrected chi connectivity index (χ2v) is 4.26. The molecule has 0 aliphatic rings. The molecule has 0 saturated heterocycles. The Hall–Kier alpha value is -2.26. The van der Waals surface area contributed by atoms with Crippen molar-refractivity contribution in [3.63, 3.8) is 0 Å². The lowest BCUT2D eigenvalue weighted by Gasteiger charge is -2.11. The molecule has 0 aliphatic heterocycles. The molecular formula is C16H17NO2. The first-order valence-electron chi connectivity index (χ1n) is 6.08. The Morgan fingerprint density at radius 1 is 1.21 bits per heavy atom. The van der Waals surface area contributed by atoms with Gasteiger partial charge in [0.25, 0.3) is 0 Å². The maximum absolute atomic E-state index is 9.88. The number of ether oxygens (including phenoxy) is 1.